The maximum Gasteiger partial charge on any atom is 0.410 e. The van der Waals surface area contributed by atoms with E-state index in [9.17, 15) is 14.9 Å². The van der Waals surface area contributed by atoms with Crippen LogP contribution in [0.2, 0.25) is 0 Å². The Hall–Kier alpha value is -2.37. The zero-order chi connectivity index (χ0) is 11.4. The zero-order valence-electron chi connectivity index (χ0n) is 7.67. The Morgan fingerprint density at radius 2 is 2.27 bits per heavy atom. The van der Waals surface area contributed by atoms with Crippen LogP contribution in [-0.4, -0.2) is 11.0 Å². The van der Waals surface area contributed by atoms with Crippen LogP contribution in [0.5, 0.6) is 5.75 Å². The number of para-hydroxylation sites is 1. The second-order valence-electron chi connectivity index (χ2n) is 2.58. The van der Waals surface area contributed by atoms with E-state index in [2.05, 4.69) is 11.3 Å². The molecule has 0 fully saturated rings. The van der Waals surface area contributed by atoms with Crippen molar-refractivity contribution in [1.29, 1.82) is 0 Å². The number of benzene rings is 1. The SMILES string of the molecule is C=Cc1cccc([N+](=O)[O-])c1OC(N)=O. The molecule has 1 rings (SSSR count). The molecule has 0 aliphatic carbocycles. The van der Waals surface area contributed by atoms with Crippen LogP contribution in [0.15, 0.2) is 24.8 Å². The molecule has 6 heteroatoms. The van der Waals surface area contributed by atoms with Crippen LogP contribution in [0.3, 0.4) is 0 Å². The number of nitro benzene ring substituents is 1. The molecule has 1 aromatic carbocycles. The fourth-order valence-corrected chi connectivity index (χ4v) is 1.06. The molecule has 0 radical (unpaired) electrons. The van der Waals surface area contributed by atoms with Gasteiger partial charge in [0.25, 0.3) is 0 Å². The van der Waals surface area contributed by atoms with Gasteiger partial charge in [0, 0.05) is 11.6 Å². The fourth-order valence-electron chi connectivity index (χ4n) is 1.06. The van der Waals surface area contributed by atoms with Gasteiger partial charge in [-0.1, -0.05) is 24.8 Å². The highest BCUT2D eigenvalue weighted by Gasteiger charge is 2.19. The van der Waals surface area contributed by atoms with Crippen LogP contribution in [0.1, 0.15) is 5.56 Å². The second-order valence-corrected chi connectivity index (χ2v) is 2.58. The first-order valence-electron chi connectivity index (χ1n) is 3.93. The van der Waals surface area contributed by atoms with E-state index in [0.29, 0.717) is 5.56 Å². The minimum Gasteiger partial charge on any atom is -0.402 e. The molecule has 0 saturated carbocycles. The molecule has 2 N–H and O–H groups in total. The molecular formula is C9H8N2O4. The topological polar surface area (TPSA) is 95.5 Å². The van der Waals surface area contributed by atoms with Crippen molar-refractivity contribution < 1.29 is 14.5 Å². The molecule has 6 nitrogen and oxygen atoms in total. The average molecular weight is 208 g/mol. The first kappa shape index (κ1) is 10.7. The number of nitrogens with two attached hydrogens (primary N) is 1. The maximum absolute atomic E-state index is 10.6. The highest BCUT2D eigenvalue weighted by atomic mass is 16.6. The van der Waals surface area contributed by atoms with Gasteiger partial charge in [-0.2, -0.15) is 0 Å². The lowest BCUT2D eigenvalue weighted by atomic mass is 10.2. The summed E-state index contributed by atoms with van der Waals surface area (Å²) in [5.74, 6) is -0.190. The van der Waals surface area contributed by atoms with Gasteiger partial charge in [-0.25, -0.2) is 4.79 Å². The Labute approximate surface area is 85.1 Å². The summed E-state index contributed by atoms with van der Waals surface area (Å²) in [5.41, 5.74) is 4.81. The summed E-state index contributed by atoms with van der Waals surface area (Å²) in [7, 11) is 0. The van der Waals surface area contributed by atoms with Crippen molar-refractivity contribution >= 4 is 17.9 Å². The number of rotatable bonds is 3. The smallest absolute Gasteiger partial charge is 0.402 e. The van der Waals surface area contributed by atoms with Gasteiger partial charge in [0.05, 0.1) is 4.92 Å². The van der Waals surface area contributed by atoms with Crippen LogP contribution in [0.4, 0.5) is 10.5 Å². The Bertz CT molecular complexity index is 428. The van der Waals surface area contributed by atoms with Crippen LogP contribution in [-0.2, 0) is 0 Å². The van der Waals surface area contributed by atoms with Crippen molar-refractivity contribution in [3.05, 3.63) is 40.5 Å². The lowest BCUT2D eigenvalue weighted by Crippen LogP contribution is -2.17. The van der Waals surface area contributed by atoms with Crippen LogP contribution < -0.4 is 10.5 Å². The predicted molar refractivity (Wildman–Crippen MR) is 53.4 cm³/mol. The standard InChI is InChI=1S/C9H8N2O4/c1-2-6-4-3-5-7(11(13)14)8(6)15-9(10)12/h2-5H,1H2,(H2,10,12). The molecule has 0 bridgehead atoms. The largest absolute Gasteiger partial charge is 0.410 e. The number of hydrogen-bond donors (Lipinski definition) is 1. The third kappa shape index (κ3) is 2.31. The molecule has 15 heavy (non-hydrogen) atoms. The minimum absolute atomic E-state index is 0.190. The summed E-state index contributed by atoms with van der Waals surface area (Å²) in [5, 5.41) is 10.6. The molecular weight excluding hydrogens is 200 g/mol. The normalized spacial score (nSPS) is 9.33. The summed E-state index contributed by atoms with van der Waals surface area (Å²) >= 11 is 0. The Balaban J connectivity index is 3.32. The highest BCUT2D eigenvalue weighted by Crippen LogP contribution is 2.31. The molecule has 78 valence electrons. The van der Waals surface area contributed by atoms with E-state index in [1.807, 2.05) is 0 Å². The van der Waals surface area contributed by atoms with Crippen molar-refractivity contribution in [2.24, 2.45) is 5.73 Å². The number of nitro groups is 1. The van der Waals surface area contributed by atoms with Crippen molar-refractivity contribution in [3.63, 3.8) is 0 Å². The average Bonchev–Trinajstić information content (AvgIpc) is 2.16. The van der Waals surface area contributed by atoms with Gasteiger partial charge >= 0.3 is 11.8 Å². The summed E-state index contributed by atoms with van der Waals surface area (Å²) < 4.78 is 4.55. The monoisotopic (exact) mass is 208 g/mol. The van der Waals surface area contributed by atoms with Gasteiger partial charge in [0.15, 0.2) is 0 Å². The molecule has 1 amide bonds. The van der Waals surface area contributed by atoms with E-state index in [1.54, 1.807) is 0 Å². The first-order chi connectivity index (χ1) is 7.06. The van der Waals surface area contributed by atoms with Gasteiger partial charge in [-0.05, 0) is 0 Å². The van der Waals surface area contributed by atoms with E-state index < -0.39 is 11.0 Å². The van der Waals surface area contributed by atoms with Gasteiger partial charge in [-0.3, -0.25) is 10.1 Å². The first-order valence-corrected chi connectivity index (χ1v) is 3.93. The Kier molecular flexibility index (Phi) is 3.02. The third-order valence-electron chi connectivity index (χ3n) is 1.64. The number of primary amides is 1. The summed E-state index contributed by atoms with van der Waals surface area (Å²) in [6.07, 6.45) is 0.234. The number of ether oxygens (including phenoxy) is 1. The van der Waals surface area contributed by atoms with Crippen molar-refractivity contribution in [2.75, 3.05) is 0 Å². The molecule has 0 spiro atoms. The van der Waals surface area contributed by atoms with Crippen LogP contribution >= 0.6 is 0 Å². The zero-order valence-corrected chi connectivity index (χ0v) is 7.67. The number of carbonyl (C=O) groups is 1. The Morgan fingerprint density at radius 1 is 1.60 bits per heavy atom. The Morgan fingerprint density at radius 3 is 2.73 bits per heavy atom. The third-order valence-corrected chi connectivity index (χ3v) is 1.64. The molecule has 0 saturated heterocycles. The molecule has 1 aromatic rings. The van der Waals surface area contributed by atoms with Gasteiger partial charge in [-0.15, -0.1) is 0 Å². The van der Waals surface area contributed by atoms with Gasteiger partial charge < -0.3 is 10.5 Å². The van der Waals surface area contributed by atoms with E-state index in [1.165, 1.54) is 24.3 Å². The number of hydrogen-bond acceptors (Lipinski definition) is 4. The van der Waals surface area contributed by atoms with Crippen molar-refractivity contribution in [3.8, 4) is 5.75 Å². The summed E-state index contributed by atoms with van der Waals surface area (Å²) in [4.78, 5) is 20.5. The number of carbonyl (C=O) groups excluding carboxylic acids is 1. The quantitative estimate of drug-likeness (QED) is 0.603. The molecule has 0 aliphatic rings. The van der Waals surface area contributed by atoms with E-state index in [0.717, 1.165) is 0 Å². The van der Waals surface area contributed by atoms with Crippen LogP contribution in [0, 0.1) is 10.1 Å². The molecule has 0 atom stereocenters. The summed E-state index contributed by atoms with van der Waals surface area (Å²) in [6.45, 7) is 3.44. The molecule has 0 unspecified atom stereocenters. The predicted octanol–water partition coefficient (Wildman–Crippen LogP) is 1.70. The minimum atomic E-state index is -1.10. The second kappa shape index (κ2) is 4.23. The van der Waals surface area contributed by atoms with Crippen molar-refractivity contribution in [1.82, 2.24) is 0 Å². The molecule has 0 aliphatic heterocycles. The lowest BCUT2D eigenvalue weighted by molar-refractivity contribution is -0.385. The maximum atomic E-state index is 10.6. The van der Waals surface area contributed by atoms with E-state index >= 15 is 0 Å². The number of amides is 1. The lowest BCUT2D eigenvalue weighted by Gasteiger charge is -2.04. The highest BCUT2D eigenvalue weighted by molar-refractivity contribution is 5.74. The van der Waals surface area contributed by atoms with E-state index in [4.69, 9.17) is 5.73 Å². The molecule has 0 aromatic heterocycles. The summed E-state index contributed by atoms with van der Waals surface area (Å²) in [6, 6.07) is 4.20. The molecule has 0 heterocycles. The van der Waals surface area contributed by atoms with Crippen molar-refractivity contribution in [2.45, 2.75) is 0 Å². The van der Waals surface area contributed by atoms with Gasteiger partial charge in [0.1, 0.15) is 0 Å². The van der Waals surface area contributed by atoms with Gasteiger partial charge in [0.2, 0.25) is 5.75 Å². The fraction of sp³-hybridized carbons (Fsp3) is 0. The van der Waals surface area contributed by atoms with Crippen LogP contribution in [0.25, 0.3) is 6.08 Å². The number of nitrogens with zero attached hydrogens (tertiary/aromatic N) is 1. The van der Waals surface area contributed by atoms with E-state index in [-0.39, 0.29) is 11.4 Å².